The highest BCUT2D eigenvalue weighted by Crippen LogP contribution is 2.30. The molecule has 1 aliphatic rings. The third-order valence-electron chi connectivity index (χ3n) is 3.87. The average Bonchev–Trinajstić information content (AvgIpc) is 3.37. The van der Waals surface area contributed by atoms with Crippen LogP contribution in [-0.2, 0) is 11.3 Å². The first-order valence-corrected chi connectivity index (χ1v) is 8.85. The van der Waals surface area contributed by atoms with Crippen molar-refractivity contribution in [3.05, 3.63) is 70.3 Å². The van der Waals surface area contributed by atoms with Crippen molar-refractivity contribution in [1.82, 2.24) is 5.32 Å². The van der Waals surface area contributed by atoms with Gasteiger partial charge >= 0.3 is 0 Å². The Kier molecular flexibility index (Phi) is 4.45. The van der Waals surface area contributed by atoms with Crippen molar-refractivity contribution >= 4 is 23.0 Å². The summed E-state index contributed by atoms with van der Waals surface area (Å²) in [6.07, 6.45) is 0.765. The molecule has 1 atom stereocenters. The second-order valence-corrected chi connectivity index (χ2v) is 6.82. The molecule has 0 fully saturated rings. The van der Waals surface area contributed by atoms with Crippen LogP contribution in [0.5, 0.6) is 11.5 Å². The van der Waals surface area contributed by atoms with Crippen LogP contribution in [0.25, 0.3) is 0 Å². The lowest BCUT2D eigenvalue weighted by Crippen LogP contribution is -2.43. The van der Waals surface area contributed by atoms with Crippen LogP contribution in [0, 0.1) is 0 Å². The molecule has 26 heavy (non-hydrogen) atoms. The highest BCUT2D eigenvalue weighted by molar-refractivity contribution is 7.14. The van der Waals surface area contributed by atoms with E-state index in [1.54, 1.807) is 30.3 Å². The van der Waals surface area contributed by atoms with Crippen molar-refractivity contribution in [2.45, 2.75) is 12.6 Å². The Morgan fingerprint density at radius 1 is 1.08 bits per heavy atom. The minimum atomic E-state index is -0.700. The number of benzene rings is 1. The summed E-state index contributed by atoms with van der Waals surface area (Å²) in [5.41, 5.74) is 0. The number of furan rings is 1. The lowest BCUT2D eigenvalue weighted by atomic mass is 10.2. The number of carbonyl (C=O) groups is 2. The molecule has 6 nitrogen and oxygen atoms in total. The number of fused-ring (bicyclic) bond motifs is 1. The maximum Gasteiger partial charge on any atom is 0.264 e. The molecule has 0 radical (unpaired) electrons. The van der Waals surface area contributed by atoms with Crippen LogP contribution in [-0.4, -0.2) is 24.4 Å². The van der Waals surface area contributed by atoms with Crippen LogP contribution in [0.3, 0.4) is 0 Å². The van der Waals surface area contributed by atoms with Gasteiger partial charge in [0.15, 0.2) is 17.3 Å². The maximum atomic E-state index is 12.3. The first-order valence-electron chi connectivity index (χ1n) is 8.04. The minimum Gasteiger partial charge on any atom is -0.485 e. The van der Waals surface area contributed by atoms with Gasteiger partial charge in [-0.2, -0.15) is 0 Å². The number of hydrogen-bond donors (Lipinski definition) is 1. The molecule has 0 bridgehead atoms. The molecule has 0 saturated carbocycles. The van der Waals surface area contributed by atoms with Gasteiger partial charge < -0.3 is 19.2 Å². The van der Waals surface area contributed by atoms with Crippen LogP contribution >= 0.6 is 11.3 Å². The van der Waals surface area contributed by atoms with Crippen LogP contribution in [0.4, 0.5) is 0 Å². The van der Waals surface area contributed by atoms with E-state index in [2.05, 4.69) is 5.32 Å². The van der Waals surface area contributed by atoms with E-state index in [9.17, 15) is 9.59 Å². The molecule has 1 aliphatic heterocycles. The molecule has 7 heteroatoms. The summed E-state index contributed by atoms with van der Waals surface area (Å²) in [4.78, 5) is 26.0. The largest absolute Gasteiger partial charge is 0.485 e. The molecule has 3 aromatic rings. The lowest BCUT2D eigenvalue weighted by Gasteiger charge is -2.25. The summed E-state index contributed by atoms with van der Waals surface area (Å²) in [7, 11) is 0. The van der Waals surface area contributed by atoms with Gasteiger partial charge in [0.25, 0.3) is 5.91 Å². The lowest BCUT2D eigenvalue weighted by molar-refractivity contribution is -0.130. The van der Waals surface area contributed by atoms with E-state index in [1.807, 2.05) is 18.2 Å². The van der Waals surface area contributed by atoms with E-state index in [0.29, 0.717) is 28.7 Å². The third kappa shape index (κ3) is 3.34. The smallest absolute Gasteiger partial charge is 0.264 e. The van der Waals surface area contributed by atoms with Crippen LogP contribution < -0.4 is 14.8 Å². The summed E-state index contributed by atoms with van der Waals surface area (Å²) < 4.78 is 16.3. The third-order valence-corrected chi connectivity index (χ3v) is 4.95. The van der Waals surface area contributed by atoms with E-state index in [-0.39, 0.29) is 18.3 Å². The van der Waals surface area contributed by atoms with Crippen molar-refractivity contribution in [2.24, 2.45) is 0 Å². The summed E-state index contributed by atoms with van der Waals surface area (Å²) in [5, 5.41) is 2.82. The van der Waals surface area contributed by atoms with Crippen LogP contribution in [0.2, 0.25) is 0 Å². The summed E-state index contributed by atoms with van der Waals surface area (Å²) >= 11 is 1.32. The molecular weight excluding hydrogens is 354 g/mol. The Morgan fingerprint density at radius 3 is 2.73 bits per heavy atom. The van der Waals surface area contributed by atoms with Gasteiger partial charge in [0.05, 0.1) is 17.7 Å². The Morgan fingerprint density at radius 2 is 1.92 bits per heavy atom. The number of hydrogen-bond acceptors (Lipinski definition) is 6. The second-order valence-electron chi connectivity index (χ2n) is 5.65. The normalized spacial score (nSPS) is 15.5. The Labute approximate surface area is 153 Å². The molecule has 132 valence electrons. The van der Waals surface area contributed by atoms with Gasteiger partial charge in [0.1, 0.15) is 6.61 Å². The van der Waals surface area contributed by atoms with E-state index < -0.39 is 6.10 Å². The monoisotopic (exact) mass is 369 g/mol. The topological polar surface area (TPSA) is 77.8 Å². The van der Waals surface area contributed by atoms with Gasteiger partial charge in [-0.25, -0.2) is 0 Å². The van der Waals surface area contributed by atoms with Crippen molar-refractivity contribution in [3.63, 3.8) is 0 Å². The van der Waals surface area contributed by atoms with Crippen molar-refractivity contribution < 1.29 is 23.5 Å². The molecule has 2 aromatic heterocycles. The van der Waals surface area contributed by atoms with Gasteiger partial charge in [-0.1, -0.05) is 12.1 Å². The highest BCUT2D eigenvalue weighted by atomic mass is 32.1. The standard InChI is InChI=1S/C19H15NO5S/c21-18(15-6-3-9-23-15)17-8-7-12(26-17)10-20-19(22)16-11-24-13-4-1-2-5-14(13)25-16/h1-9,16H,10-11H2,(H,20,22)/t16-/m0/s1. The number of nitrogens with one attached hydrogen (secondary N) is 1. The number of ether oxygens (including phenoxy) is 2. The Hall–Kier alpha value is -3.06. The number of carbonyl (C=O) groups excluding carboxylic acids is 2. The molecule has 0 unspecified atom stereocenters. The molecular formula is C19H15NO5S. The zero-order valence-electron chi connectivity index (χ0n) is 13.6. The van der Waals surface area contributed by atoms with Crippen molar-refractivity contribution in [3.8, 4) is 11.5 Å². The van der Waals surface area contributed by atoms with Gasteiger partial charge in [-0.15, -0.1) is 11.3 Å². The molecule has 0 saturated heterocycles. The van der Waals surface area contributed by atoms with E-state index >= 15 is 0 Å². The summed E-state index contributed by atoms with van der Waals surface area (Å²) in [6.45, 7) is 0.478. The van der Waals surface area contributed by atoms with E-state index in [1.165, 1.54) is 17.6 Å². The Bertz CT molecular complexity index is 931. The Balaban J connectivity index is 1.35. The van der Waals surface area contributed by atoms with Crippen LogP contribution in [0.1, 0.15) is 20.3 Å². The zero-order valence-corrected chi connectivity index (χ0v) is 14.5. The number of ketones is 1. The van der Waals surface area contributed by atoms with Gasteiger partial charge in [0.2, 0.25) is 11.9 Å². The fourth-order valence-corrected chi connectivity index (χ4v) is 3.45. The maximum absolute atomic E-state index is 12.3. The minimum absolute atomic E-state index is 0.162. The summed E-state index contributed by atoms with van der Waals surface area (Å²) in [5.74, 6) is 1.07. The molecule has 1 amide bonds. The van der Waals surface area contributed by atoms with Gasteiger partial charge in [-0.3, -0.25) is 9.59 Å². The molecule has 1 N–H and O–H groups in total. The highest BCUT2D eigenvalue weighted by Gasteiger charge is 2.27. The van der Waals surface area contributed by atoms with Gasteiger partial charge in [-0.05, 0) is 36.4 Å². The fraction of sp³-hybridized carbons (Fsp3) is 0.158. The van der Waals surface area contributed by atoms with Crippen LogP contribution in [0.15, 0.2) is 59.2 Å². The first kappa shape index (κ1) is 16.4. The molecule has 3 heterocycles. The molecule has 0 spiro atoms. The average molecular weight is 369 g/mol. The molecule has 0 aliphatic carbocycles. The molecule has 1 aromatic carbocycles. The van der Waals surface area contributed by atoms with E-state index in [4.69, 9.17) is 13.9 Å². The fourth-order valence-electron chi connectivity index (χ4n) is 2.56. The number of thiophene rings is 1. The predicted molar refractivity (Wildman–Crippen MR) is 94.7 cm³/mol. The van der Waals surface area contributed by atoms with Crippen molar-refractivity contribution in [1.29, 1.82) is 0 Å². The van der Waals surface area contributed by atoms with Gasteiger partial charge in [0, 0.05) is 4.88 Å². The number of rotatable bonds is 5. The first-order chi connectivity index (χ1) is 12.7. The van der Waals surface area contributed by atoms with E-state index in [0.717, 1.165) is 4.88 Å². The number of amides is 1. The summed E-state index contributed by atoms with van der Waals surface area (Å²) in [6, 6.07) is 14.1. The number of para-hydroxylation sites is 2. The quantitative estimate of drug-likeness (QED) is 0.700. The second kappa shape index (κ2) is 7.05. The SMILES string of the molecule is O=C(c1ccco1)c1ccc(CNC(=O)[C@@H]2COc3ccccc3O2)s1. The predicted octanol–water partition coefficient (Wildman–Crippen LogP) is 3.03. The van der Waals surface area contributed by atoms with Crippen molar-refractivity contribution in [2.75, 3.05) is 6.61 Å². The zero-order chi connectivity index (χ0) is 17.9. The molecule has 4 rings (SSSR count).